The van der Waals surface area contributed by atoms with Crippen molar-refractivity contribution in [3.8, 4) is 0 Å². The fourth-order valence-corrected chi connectivity index (χ4v) is 3.23. The highest BCUT2D eigenvalue weighted by atomic mass is 19.4. The molecule has 2 heterocycles. The Morgan fingerprint density at radius 3 is 2.41 bits per heavy atom. The van der Waals surface area contributed by atoms with Gasteiger partial charge in [-0.3, -0.25) is 9.67 Å². The van der Waals surface area contributed by atoms with Crippen LogP contribution in [0.25, 0.3) is 0 Å². The van der Waals surface area contributed by atoms with Gasteiger partial charge in [-0.05, 0) is 12.1 Å². The SMILES string of the molecule is CN=C(NCc1cn(C)nc1C(F)(F)F)N1CCN(c2ccccc2)CC1. The van der Waals surface area contributed by atoms with Gasteiger partial charge in [0, 0.05) is 64.3 Å². The lowest BCUT2D eigenvalue weighted by molar-refractivity contribution is -0.142. The molecule has 1 aliphatic heterocycles. The Bertz CT molecular complexity index is 776. The molecule has 146 valence electrons. The number of aliphatic imine (C=N–C) groups is 1. The summed E-state index contributed by atoms with van der Waals surface area (Å²) < 4.78 is 40.4. The van der Waals surface area contributed by atoms with Crippen LogP contribution in [0, 0.1) is 0 Å². The Balaban J connectivity index is 1.60. The average molecular weight is 380 g/mol. The molecule has 0 amide bonds. The van der Waals surface area contributed by atoms with Crippen LogP contribution in [-0.4, -0.2) is 53.9 Å². The number of hydrogen-bond donors (Lipinski definition) is 1. The van der Waals surface area contributed by atoms with E-state index in [2.05, 4.69) is 37.3 Å². The number of halogens is 3. The Labute approximate surface area is 156 Å². The molecule has 0 radical (unpaired) electrons. The van der Waals surface area contributed by atoms with Gasteiger partial charge in [-0.15, -0.1) is 0 Å². The van der Waals surface area contributed by atoms with E-state index in [1.807, 2.05) is 18.2 Å². The molecule has 0 bridgehead atoms. The summed E-state index contributed by atoms with van der Waals surface area (Å²) in [6.07, 6.45) is -3.08. The van der Waals surface area contributed by atoms with Crippen LogP contribution in [0.2, 0.25) is 0 Å². The first-order valence-electron chi connectivity index (χ1n) is 8.74. The van der Waals surface area contributed by atoms with Gasteiger partial charge in [0.25, 0.3) is 0 Å². The molecule has 1 N–H and O–H groups in total. The number of aromatic nitrogens is 2. The minimum Gasteiger partial charge on any atom is -0.368 e. The minimum absolute atomic E-state index is 0.0221. The van der Waals surface area contributed by atoms with Crippen molar-refractivity contribution in [1.82, 2.24) is 20.0 Å². The maximum absolute atomic E-state index is 13.1. The van der Waals surface area contributed by atoms with Crippen molar-refractivity contribution in [2.75, 3.05) is 38.1 Å². The number of para-hydroxylation sites is 1. The molecular weight excluding hydrogens is 357 g/mol. The van der Waals surface area contributed by atoms with Crippen molar-refractivity contribution in [1.29, 1.82) is 0 Å². The molecule has 0 unspecified atom stereocenters. The van der Waals surface area contributed by atoms with E-state index in [1.54, 1.807) is 7.05 Å². The van der Waals surface area contributed by atoms with Crippen molar-refractivity contribution in [2.45, 2.75) is 12.7 Å². The number of rotatable bonds is 3. The van der Waals surface area contributed by atoms with Crippen molar-refractivity contribution < 1.29 is 13.2 Å². The van der Waals surface area contributed by atoms with E-state index in [4.69, 9.17) is 0 Å². The third kappa shape index (κ3) is 4.53. The van der Waals surface area contributed by atoms with Crippen LogP contribution in [-0.2, 0) is 19.8 Å². The number of anilines is 1. The summed E-state index contributed by atoms with van der Waals surface area (Å²) in [5.41, 5.74) is 0.418. The second-order valence-electron chi connectivity index (χ2n) is 6.38. The predicted octanol–water partition coefficient (Wildman–Crippen LogP) is 2.34. The van der Waals surface area contributed by atoms with Crippen LogP contribution in [0.15, 0.2) is 41.5 Å². The zero-order valence-electron chi connectivity index (χ0n) is 15.4. The smallest absolute Gasteiger partial charge is 0.368 e. The third-order valence-corrected chi connectivity index (χ3v) is 4.52. The van der Waals surface area contributed by atoms with Crippen LogP contribution in [0.4, 0.5) is 18.9 Å². The number of aryl methyl sites for hydroxylation is 1. The average Bonchev–Trinajstić information content (AvgIpc) is 3.05. The van der Waals surface area contributed by atoms with Crippen LogP contribution >= 0.6 is 0 Å². The Morgan fingerprint density at radius 1 is 1.15 bits per heavy atom. The summed E-state index contributed by atoms with van der Waals surface area (Å²) in [7, 11) is 3.12. The lowest BCUT2D eigenvalue weighted by Crippen LogP contribution is -2.52. The molecule has 1 aliphatic rings. The van der Waals surface area contributed by atoms with Gasteiger partial charge in [0.05, 0.1) is 0 Å². The lowest BCUT2D eigenvalue weighted by atomic mass is 10.2. The second-order valence-corrected chi connectivity index (χ2v) is 6.38. The summed E-state index contributed by atoms with van der Waals surface area (Å²) >= 11 is 0. The van der Waals surface area contributed by atoms with E-state index >= 15 is 0 Å². The molecule has 6 nitrogen and oxygen atoms in total. The molecular formula is C18H23F3N6. The molecule has 1 fully saturated rings. The van der Waals surface area contributed by atoms with E-state index in [1.165, 1.54) is 23.6 Å². The number of guanidine groups is 1. The van der Waals surface area contributed by atoms with E-state index in [0.717, 1.165) is 26.2 Å². The van der Waals surface area contributed by atoms with Gasteiger partial charge in [0.1, 0.15) is 0 Å². The number of nitrogens with one attached hydrogen (secondary N) is 1. The molecule has 2 aromatic rings. The van der Waals surface area contributed by atoms with Crippen LogP contribution in [0.1, 0.15) is 11.3 Å². The highest BCUT2D eigenvalue weighted by molar-refractivity contribution is 5.80. The monoisotopic (exact) mass is 380 g/mol. The topological polar surface area (TPSA) is 48.7 Å². The summed E-state index contributed by atoms with van der Waals surface area (Å²) in [6.45, 7) is 3.16. The first-order valence-corrected chi connectivity index (χ1v) is 8.74. The Morgan fingerprint density at radius 2 is 1.81 bits per heavy atom. The number of nitrogens with zero attached hydrogens (tertiary/aromatic N) is 5. The maximum atomic E-state index is 13.1. The van der Waals surface area contributed by atoms with Gasteiger partial charge in [-0.2, -0.15) is 18.3 Å². The van der Waals surface area contributed by atoms with E-state index in [0.29, 0.717) is 5.96 Å². The number of hydrogen-bond acceptors (Lipinski definition) is 3. The summed E-state index contributed by atoms with van der Waals surface area (Å²) in [5, 5.41) is 6.57. The second kappa shape index (κ2) is 7.89. The zero-order valence-corrected chi connectivity index (χ0v) is 15.4. The Hall–Kier alpha value is -2.71. The molecule has 1 aromatic heterocycles. The fraction of sp³-hybridized carbons (Fsp3) is 0.444. The predicted molar refractivity (Wildman–Crippen MR) is 98.6 cm³/mol. The minimum atomic E-state index is -4.47. The largest absolute Gasteiger partial charge is 0.435 e. The number of alkyl halides is 3. The first kappa shape index (κ1) is 19.1. The maximum Gasteiger partial charge on any atom is 0.435 e. The molecule has 0 saturated carbocycles. The number of benzene rings is 1. The summed E-state index contributed by atoms with van der Waals surface area (Å²) in [5.74, 6) is 0.597. The van der Waals surface area contributed by atoms with Gasteiger partial charge in [-0.25, -0.2) is 0 Å². The molecule has 1 saturated heterocycles. The highest BCUT2D eigenvalue weighted by Gasteiger charge is 2.36. The normalized spacial score (nSPS) is 16.0. The van der Waals surface area contributed by atoms with Gasteiger partial charge in [-0.1, -0.05) is 18.2 Å². The van der Waals surface area contributed by atoms with Crippen molar-refractivity contribution in [3.63, 3.8) is 0 Å². The quantitative estimate of drug-likeness (QED) is 0.656. The lowest BCUT2D eigenvalue weighted by Gasteiger charge is -2.37. The number of piperazine rings is 1. The molecule has 9 heteroatoms. The van der Waals surface area contributed by atoms with Gasteiger partial charge >= 0.3 is 6.18 Å². The van der Waals surface area contributed by atoms with E-state index < -0.39 is 11.9 Å². The van der Waals surface area contributed by atoms with E-state index in [-0.39, 0.29) is 12.1 Å². The molecule has 0 spiro atoms. The third-order valence-electron chi connectivity index (χ3n) is 4.52. The molecule has 1 aromatic carbocycles. The fourth-order valence-electron chi connectivity index (χ4n) is 3.23. The molecule has 0 aliphatic carbocycles. The van der Waals surface area contributed by atoms with Crippen molar-refractivity contribution in [3.05, 3.63) is 47.8 Å². The van der Waals surface area contributed by atoms with Crippen molar-refractivity contribution in [2.24, 2.45) is 12.0 Å². The zero-order chi connectivity index (χ0) is 19.4. The summed E-state index contributed by atoms with van der Waals surface area (Å²) in [6, 6.07) is 10.1. The van der Waals surface area contributed by atoms with Crippen LogP contribution in [0.5, 0.6) is 0 Å². The van der Waals surface area contributed by atoms with Gasteiger partial charge in [0.15, 0.2) is 11.7 Å². The van der Waals surface area contributed by atoms with E-state index in [9.17, 15) is 13.2 Å². The van der Waals surface area contributed by atoms with Gasteiger partial charge < -0.3 is 15.1 Å². The molecule has 27 heavy (non-hydrogen) atoms. The van der Waals surface area contributed by atoms with Crippen molar-refractivity contribution >= 4 is 11.6 Å². The summed E-state index contributed by atoms with van der Waals surface area (Å²) in [4.78, 5) is 8.57. The standard InChI is InChI=1S/C18H23F3N6/c1-22-17(23-12-14-13-25(2)24-16(14)18(19,20)21)27-10-8-26(9-11-27)15-6-4-3-5-7-15/h3-7,13H,8-12H2,1-2H3,(H,22,23). The molecule has 0 atom stereocenters. The van der Waals surface area contributed by atoms with Crippen LogP contribution < -0.4 is 10.2 Å². The first-order chi connectivity index (χ1) is 12.9. The highest BCUT2D eigenvalue weighted by Crippen LogP contribution is 2.30. The Kier molecular flexibility index (Phi) is 5.57. The van der Waals surface area contributed by atoms with Crippen LogP contribution in [0.3, 0.4) is 0 Å². The molecule has 3 rings (SSSR count). The van der Waals surface area contributed by atoms with Gasteiger partial charge in [0.2, 0.25) is 0 Å².